The minimum Gasteiger partial charge on any atom is -0.462 e. The van der Waals surface area contributed by atoms with Crippen LogP contribution in [0.5, 0.6) is 0 Å². The molecule has 3 rings (SSSR count). The Bertz CT molecular complexity index is 765. The zero-order valence-corrected chi connectivity index (χ0v) is 14.9. The van der Waals surface area contributed by atoms with E-state index in [-0.39, 0.29) is 5.97 Å². The van der Waals surface area contributed by atoms with E-state index in [1.54, 1.807) is 6.20 Å². The third-order valence-corrected chi connectivity index (χ3v) is 4.59. The third-order valence-electron chi connectivity index (χ3n) is 4.59. The van der Waals surface area contributed by atoms with Crippen LogP contribution in [0.2, 0.25) is 0 Å². The SMILES string of the molecule is CCOC(=O)c1cnc2c(C)cc(C)cc2c1N1CCN(C)CC1. The Morgan fingerprint density at radius 2 is 1.92 bits per heavy atom. The molecule has 1 aliphatic rings. The number of aryl methyl sites for hydroxylation is 2. The topological polar surface area (TPSA) is 45.7 Å². The molecular weight excluding hydrogens is 302 g/mol. The van der Waals surface area contributed by atoms with E-state index >= 15 is 0 Å². The molecule has 1 aliphatic heterocycles. The number of carbonyl (C=O) groups is 1. The molecule has 1 aromatic heterocycles. The summed E-state index contributed by atoms with van der Waals surface area (Å²) in [6.07, 6.45) is 1.68. The monoisotopic (exact) mass is 327 g/mol. The fourth-order valence-corrected chi connectivity index (χ4v) is 3.38. The van der Waals surface area contributed by atoms with Gasteiger partial charge in [-0.3, -0.25) is 4.98 Å². The number of hydrogen-bond acceptors (Lipinski definition) is 5. The first-order valence-corrected chi connectivity index (χ1v) is 8.51. The molecule has 0 spiro atoms. The van der Waals surface area contributed by atoms with Crippen LogP contribution in [-0.4, -0.2) is 55.7 Å². The van der Waals surface area contributed by atoms with Gasteiger partial charge in [0.25, 0.3) is 0 Å². The number of piperazine rings is 1. The molecule has 5 nitrogen and oxygen atoms in total. The van der Waals surface area contributed by atoms with Gasteiger partial charge in [0.2, 0.25) is 0 Å². The molecule has 2 heterocycles. The standard InChI is InChI=1S/C19H25N3O2/c1-5-24-19(23)16-12-20-17-14(3)10-13(2)11-15(17)18(16)22-8-6-21(4)7-9-22/h10-12H,5-9H2,1-4H3. The highest BCUT2D eigenvalue weighted by Gasteiger charge is 2.24. The van der Waals surface area contributed by atoms with Crippen molar-refractivity contribution in [1.29, 1.82) is 0 Å². The molecule has 1 aromatic carbocycles. The smallest absolute Gasteiger partial charge is 0.341 e. The van der Waals surface area contributed by atoms with Gasteiger partial charge < -0.3 is 14.5 Å². The summed E-state index contributed by atoms with van der Waals surface area (Å²) in [6.45, 7) is 10.1. The Morgan fingerprint density at radius 3 is 2.58 bits per heavy atom. The number of nitrogens with zero attached hydrogens (tertiary/aromatic N) is 3. The first-order valence-electron chi connectivity index (χ1n) is 8.51. The number of pyridine rings is 1. The highest BCUT2D eigenvalue weighted by Crippen LogP contribution is 2.33. The first-order chi connectivity index (χ1) is 11.5. The third kappa shape index (κ3) is 3.08. The maximum Gasteiger partial charge on any atom is 0.341 e. The lowest BCUT2D eigenvalue weighted by atomic mass is 10.0. The molecule has 5 heteroatoms. The average Bonchev–Trinajstić information content (AvgIpc) is 2.55. The molecule has 2 aromatic rings. The molecule has 0 saturated carbocycles. The van der Waals surface area contributed by atoms with Gasteiger partial charge in [-0.25, -0.2) is 4.79 Å². The summed E-state index contributed by atoms with van der Waals surface area (Å²) in [7, 11) is 2.13. The quantitative estimate of drug-likeness (QED) is 0.811. The van der Waals surface area contributed by atoms with Gasteiger partial charge in [-0.2, -0.15) is 0 Å². The predicted molar refractivity (Wildman–Crippen MR) is 96.9 cm³/mol. The normalized spacial score (nSPS) is 15.8. The summed E-state index contributed by atoms with van der Waals surface area (Å²) in [5.74, 6) is -0.292. The van der Waals surface area contributed by atoms with Crippen molar-refractivity contribution in [3.05, 3.63) is 35.0 Å². The van der Waals surface area contributed by atoms with Gasteiger partial charge in [-0.15, -0.1) is 0 Å². The van der Waals surface area contributed by atoms with E-state index in [1.165, 1.54) is 5.56 Å². The van der Waals surface area contributed by atoms with Gasteiger partial charge in [0.15, 0.2) is 0 Å². The number of benzene rings is 1. The number of aromatic nitrogens is 1. The number of ether oxygens (including phenoxy) is 1. The van der Waals surface area contributed by atoms with Crippen LogP contribution in [0.4, 0.5) is 5.69 Å². The van der Waals surface area contributed by atoms with Crippen molar-refractivity contribution < 1.29 is 9.53 Å². The zero-order valence-electron chi connectivity index (χ0n) is 14.9. The molecule has 1 saturated heterocycles. The Labute approximate surface area is 143 Å². The van der Waals surface area contributed by atoms with Crippen molar-refractivity contribution in [3.8, 4) is 0 Å². The fraction of sp³-hybridized carbons (Fsp3) is 0.474. The number of hydrogen-bond donors (Lipinski definition) is 0. The largest absolute Gasteiger partial charge is 0.462 e. The molecule has 0 atom stereocenters. The van der Waals surface area contributed by atoms with Crippen LogP contribution in [-0.2, 0) is 4.74 Å². The molecule has 0 N–H and O–H groups in total. The molecule has 0 bridgehead atoms. The van der Waals surface area contributed by atoms with E-state index in [2.05, 4.69) is 47.8 Å². The lowest BCUT2D eigenvalue weighted by Gasteiger charge is -2.35. The van der Waals surface area contributed by atoms with Gasteiger partial charge in [-0.05, 0) is 39.4 Å². The molecule has 0 aliphatic carbocycles. The Hall–Kier alpha value is -2.14. The van der Waals surface area contributed by atoms with Crippen LogP contribution in [0, 0.1) is 13.8 Å². The predicted octanol–water partition coefficient (Wildman–Crippen LogP) is 2.78. The molecule has 0 unspecified atom stereocenters. The van der Waals surface area contributed by atoms with Crippen molar-refractivity contribution in [2.45, 2.75) is 20.8 Å². The fourth-order valence-electron chi connectivity index (χ4n) is 3.38. The summed E-state index contributed by atoms with van der Waals surface area (Å²) in [4.78, 5) is 21.7. The summed E-state index contributed by atoms with van der Waals surface area (Å²) in [6, 6.07) is 4.26. The van der Waals surface area contributed by atoms with Gasteiger partial charge in [0, 0.05) is 37.8 Å². The van der Waals surface area contributed by atoms with Crippen molar-refractivity contribution in [2.24, 2.45) is 0 Å². The minimum absolute atomic E-state index is 0.292. The highest BCUT2D eigenvalue weighted by atomic mass is 16.5. The molecular formula is C19H25N3O2. The van der Waals surface area contributed by atoms with Crippen LogP contribution >= 0.6 is 0 Å². The number of fused-ring (bicyclic) bond motifs is 1. The van der Waals surface area contributed by atoms with E-state index in [0.717, 1.165) is 48.3 Å². The number of likely N-dealkylation sites (N-methyl/N-ethyl adjacent to an activating group) is 1. The minimum atomic E-state index is -0.292. The van der Waals surface area contributed by atoms with Crippen LogP contribution in [0.1, 0.15) is 28.4 Å². The number of rotatable bonds is 3. The van der Waals surface area contributed by atoms with Gasteiger partial charge in [0.05, 0.1) is 17.8 Å². The van der Waals surface area contributed by atoms with E-state index < -0.39 is 0 Å². The summed E-state index contributed by atoms with van der Waals surface area (Å²) >= 11 is 0. The lowest BCUT2D eigenvalue weighted by molar-refractivity contribution is 0.0526. The van der Waals surface area contributed by atoms with E-state index in [1.807, 2.05) is 6.92 Å². The molecule has 1 fully saturated rings. The van der Waals surface area contributed by atoms with Crippen LogP contribution in [0.3, 0.4) is 0 Å². The van der Waals surface area contributed by atoms with Crippen molar-refractivity contribution in [1.82, 2.24) is 9.88 Å². The van der Waals surface area contributed by atoms with Crippen LogP contribution in [0.15, 0.2) is 18.3 Å². The average molecular weight is 327 g/mol. The van der Waals surface area contributed by atoms with E-state index in [9.17, 15) is 4.79 Å². The van der Waals surface area contributed by atoms with Crippen molar-refractivity contribution in [3.63, 3.8) is 0 Å². The summed E-state index contributed by atoms with van der Waals surface area (Å²) in [5, 5.41) is 1.04. The molecule has 128 valence electrons. The maximum absolute atomic E-state index is 12.5. The maximum atomic E-state index is 12.5. The zero-order chi connectivity index (χ0) is 17.3. The summed E-state index contributed by atoms with van der Waals surface area (Å²) in [5.41, 5.74) is 4.81. The second-order valence-corrected chi connectivity index (χ2v) is 6.51. The second-order valence-electron chi connectivity index (χ2n) is 6.51. The molecule has 0 amide bonds. The van der Waals surface area contributed by atoms with Gasteiger partial charge in [0.1, 0.15) is 5.56 Å². The molecule has 0 radical (unpaired) electrons. The second kappa shape index (κ2) is 6.77. The van der Waals surface area contributed by atoms with Crippen molar-refractivity contribution in [2.75, 3.05) is 44.7 Å². The van der Waals surface area contributed by atoms with Crippen LogP contribution < -0.4 is 4.90 Å². The summed E-state index contributed by atoms with van der Waals surface area (Å²) < 4.78 is 5.27. The van der Waals surface area contributed by atoms with Crippen LogP contribution in [0.25, 0.3) is 10.9 Å². The Balaban J connectivity index is 2.19. The highest BCUT2D eigenvalue weighted by molar-refractivity contribution is 6.06. The molecule has 24 heavy (non-hydrogen) atoms. The van der Waals surface area contributed by atoms with E-state index in [4.69, 9.17) is 4.74 Å². The Kier molecular flexibility index (Phi) is 4.71. The van der Waals surface area contributed by atoms with Gasteiger partial charge >= 0.3 is 5.97 Å². The van der Waals surface area contributed by atoms with Gasteiger partial charge in [-0.1, -0.05) is 11.6 Å². The first kappa shape index (κ1) is 16.7. The van der Waals surface area contributed by atoms with Crippen molar-refractivity contribution >= 4 is 22.6 Å². The number of carbonyl (C=O) groups excluding carboxylic acids is 1. The van der Waals surface area contributed by atoms with E-state index in [0.29, 0.717) is 12.2 Å². The number of anilines is 1. The lowest BCUT2D eigenvalue weighted by Crippen LogP contribution is -2.45. The number of esters is 1. The Morgan fingerprint density at radius 1 is 1.21 bits per heavy atom.